The molecule has 0 rings (SSSR count). The lowest BCUT2D eigenvalue weighted by Crippen LogP contribution is -2.29. The summed E-state index contributed by atoms with van der Waals surface area (Å²) in [7, 11) is -4.40. The van der Waals surface area contributed by atoms with Crippen LogP contribution in [0.5, 0.6) is 0 Å². The smallest absolute Gasteiger partial charge is 0.462 e. The third-order valence-electron chi connectivity index (χ3n) is 14.5. The molecule has 0 aromatic rings. The van der Waals surface area contributed by atoms with E-state index in [-0.39, 0.29) is 38.6 Å². The highest BCUT2D eigenvalue weighted by molar-refractivity contribution is 7.47. The summed E-state index contributed by atoms with van der Waals surface area (Å²) < 4.78 is 33.2. The van der Waals surface area contributed by atoms with E-state index >= 15 is 0 Å². The van der Waals surface area contributed by atoms with Crippen LogP contribution >= 0.6 is 7.82 Å². The van der Waals surface area contributed by atoms with Gasteiger partial charge in [-0.05, 0) is 109 Å². The van der Waals surface area contributed by atoms with Gasteiger partial charge in [0.15, 0.2) is 6.10 Å². The van der Waals surface area contributed by atoms with Crippen LogP contribution in [0.3, 0.4) is 0 Å². The van der Waals surface area contributed by atoms with Crippen molar-refractivity contribution in [3.8, 4) is 0 Å². The van der Waals surface area contributed by atoms with E-state index in [1.165, 1.54) is 154 Å². The highest BCUT2D eigenvalue weighted by Gasteiger charge is 2.26. The molecule has 0 aliphatic heterocycles. The normalized spacial score (nSPS) is 13.8. The van der Waals surface area contributed by atoms with Gasteiger partial charge in [-0.3, -0.25) is 18.6 Å². The Labute approximate surface area is 523 Å². The number of ether oxygens (including phenoxy) is 2. The Hall–Kier alpha value is -3.85. The molecule has 0 heterocycles. The minimum Gasteiger partial charge on any atom is -0.462 e. The van der Waals surface area contributed by atoms with E-state index in [0.29, 0.717) is 6.42 Å². The molecule has 0 bridgehead atoms. The summed E-state index contributed by atoms with van der Waals surface area (Å²) in [6.07, 6.45) is 98.2. The second kappa shape index (κ2) is 69.3. The van der Waals surface area contributed by atoms with Crippen LogP contribution < -0.4 is 5.73 Å². The minimum atomic E-state index is -4.40. The molecule has 9 nitrogen and oxygen atoms in total. The largest absolute Gasteiger partial charge is 0.472 e. The number of nitrogens with two attached hydrogens (primary N) is 1. The quantitative estimate of drug-likeness (QED) is 0.0264. The van der Waals surface area contributed by atoms with Gasteiger partial charge in [0, 0.05) is 19.4 Å². The number of esters is 2. The molecule has 3 N–H and O–H groups in total. The van der Waals surface area contributed by atoms with Crippen molar-refractivity contribution in [3.63, 3.8) is 0 Å². The molecule has 0 aliphatic carbocycles. The second-order valence-corrected chi connectivity index (χ2v) is 24.1. The molecule has 0 aliphatic rings. The number of hydrogen-bond donors (Lipinski definition) is 2. The standard InChI is InChI=1S/C75H128NO8P/c1-3-5-7-9-11-13-15-17-19-21-23-25-27-29-30-31-32-33-34-35-36-37-38-39-40-41-42-44-46-48-50-52-54-56-58-60-62-64-66-68-75(78)84-73(72-83-85(79,80)82-70-69-76)71-81-74(77)67-65-63-61-59-57-55-53-51-49-47-45-43-28-26-24-22-20-18-16-14-12-10-8-6-4-2/h5-8,11-14,17-20,23-26,29-30,32-33,35-36,73H,3-4,9-10,15-16,21-22,27-28,31,34,37-72,76H2,1-2H3,(H,79,80)/b7-5-,8-6-,13-11-,14-12-,19-17-,20-18-,25-23-,26-24-,30-29-,33-32-,36-35-. The van der Waals surface area contributed by atoms with E-state index in [0.717, 1.165) is 109 Å². The average Bonchev–Trinajstić information content (AvgIpc) is 3.53. The van der Waals surface area contributed by atoms with E-state index in [9.17, 15) is 19.0 Å². The zero-order valence-corrected chi connectivity index (χ0v) is 55.4. The Morgan fingerprint density at radius 2 is 0.612 bits per heavy atom. The van der Waals surface area contributed by atoms with Gasteiger partial charge in [0.25, 0.3) is 0 Å². The van der Waals surface area contributed by atoms with E-state index in [1.54, 1.807) is 0 Å². The summed E-state index contributed by atoms with van der Waals surface area (Å²) in [5.74, 6) is -0.826. The van der Waals surface area contributed by atoms with Crippen molar-refractivity contribution in [1.29, 1.82) is 0 Å². The van der Waals surface area contributed by atoms with Gasteiger partial charge < -0.3 is 20.1 Å². The summed E-state index contributed by atoms with van der Waals surface area (Å²) in [5.41, 5.74) is 5.40. The zero-order valence-electron chi connectivity index (χ0n) is 54.5. The molecule has 85 heavy (non-hydrogen) atoms. The molecular weight excluding hydrogens is 1070 g/mol. The summed E-state index contributed by atoms with van der Waals surface area (Å²) in [6.45, 7) is 3.54. The first-order valence-corrected chi connectivity index (χ1v) is 36.2. The first kappa shape index (κ1) is 81.2. The highest BCUT2D eigenvalue weighted by Crippen LogP contribution is 2.43. The van der Waals surface area contributed by atoms with Gasteiger partial charge in [-0.1, -0.05) is 308 Å². The van der Waals surface area contributed by atoms with Crippen molar-refractivity contribution < 1.29 is 37.6 Å². The lowest BCUT2D eigenvalue weighted by atomic mass is 10.0. The van der Waals surface area contributed by atoms with E-state index < -0.39 is 26.5 Å². The van der Waals surface area contributed by atoms with Crippen molar-refractivity contribution in [1.82, 2.24) is 0 Å². The van der Waals surface area contributed by atoms with E-state index in [2.05, 4.69) is 148 Å². The van der Waals surface area contributed by atoms with Crippen LogP contribution in [0.4, 0.5) is 0 Å². The number of hydrogen-bond acceptors (Lipinski definition) is 8. The second-order valence-electron chi connectivity index (χ2n) is 22.6. The molecule has 10 heteroatoms. The molecule has 0 fully saturated rings. The molecule has 0 saturated carbocycles. The van der Waals surface area contributed by atoms with E-state index in [4.69, 9.17) is 24.3 Å². The number of allylic oxidation sites excluding steroid dienone is 22. The van der Waals surface area contributed by atoms with Crippen LogP contribution in [0.25, 0.3) is 0 Å². The molecule has 0 aromatic carbocycles. The van der Waals surface area contributed by atoms with Gasteiger partial charge in [0.05, 0.1) is 13.2 Å². The van der Waals surface area contributed by atoms with Gasteiger partial charge in [0.1, 0.15) is 6.61 Å². The maximum atomic E-state index is 12.8. The maximum absolute atomic E-state index is 12.8. The Bertz CT molecular complexity index is 1860. The third kappa shape index (κ3) is 69.1. The van der Waals surface area contributed by atoms with Crippen LogP contribution in [0.1, 0.15) is 296 Å². The molecule has 2 unspecified atom stereocenters. The van der Waals surface area contributed by atoms with Gasteiger partial charge in [-0.25, -0.2) is 4.57 Å². The Balaban J connectivity index is 3.88. The number of unbranched alkanes of at least 4 members (excludes halogenated alkanes) is 29. The van der Waals surface area contributed by atoms with Crippen molar-refractivity contribution in [2.45, 2.75) is 302 Å². The molecule has 2 atom stereocenters. The summed E-state index contributed by atoms with van der Waals surface area (Å²) in [4.78, 5) is 35.4. The lowest BCUT2D eigenvalue weighted by molar-refractivity contribution is -0.161. The fourth-order valence-electron chi connectivity index (χ4n) is 9.49. The Morgan fingerprint density at radius 3 is 0.906 bits per heavy atom. The van der Waals surface area contributed by atoms with Crippen molar-refractivity contribution in [2.24, 2.45) is 5.73 Å². The molecular formula is C75H128NO8P. The van der Waals surface area contributed by atoms with Crippen molar-refractivity contribution in [3.05, 3.63) is 134 Å². The highest BCUT2D eigenvalue weighted by atomic mass is 31.2. The van der Waals surface area contributed by atoms with Gasteiger partial charge >= 0.3 is 19.8 Å². The average molecular weight is 1200 g/mol. The third-order valence-corrected chi connectivity index (χ3v) is 15.5. The molecule has 0 spiro atoms. The predicted molar refractivity (Wildman–Crippen MR) is 367 cm³/mol. The van der Waals surface area contributed by atoms with Crippen LogP contribution in [0.2, 0.25) is 0 Å². The van der Waals surface area contributed by atoms with Gasteiger partial charge in [-0.2, -0.15) is 0 Å². The monoisotopic (exact) mass is 1200 g/mol. The van der Waals surface area contributed by atoms with Crippen molar-refractivity contribution >= 4 is 19.8 Å². The fraction of sp³-hybridized carbons (Fsp3) is 0.680. The number of rotatable bonds is 64. The minimum absolute atomic E-state index is 0.0492. The fourth-order valence-corrected chi connectivity index (χ4v) is 10.3. The predicted octanol–water partition coefficient (Wildman–Crippen LogP) is 22.9. The molecule has 0 radical (unpaired) electrons. The number of carbonyl (C=O) groups is 2. The number of phosphoric ester groups is 1. The number of phosphoric acid groups is 1. The zero-order chi connectivity index (χ0) is 61.6. The Morgan fingerprint density at radius 1 is 0.353 bits per heavy atom. The van der Waals surface area contributed by atoms with Crippen molar-refractivity contribution in [2.75, 3.05) is 26.4 Å². The molecule has 0 saturated heterocycles. The van der Waals surface area contributed by atoms with E-state index in [1.807, 2.05) is 0 Å². The van der Waals surface area contributed by atoms with Crippen LogP contribution in [-0.4, -0.2) is 49.3 Å². The Kier molecular flexibility index (Phi) is 66.1. The lowest BCUT2D eigenvalue weighted by Gasteiger charge is -2.19. The van der Waals surface area contributed by atoms with Gasteiger partial charge in [-0.15, -0.1) is 0 Å². The topological polar surface area (TPSA) is 134 Å². The molecule has 0 aromatic heterocycles. The van der Waals surface area contributed by atoms with Crippen LogP contribution in [0.15, 0.2) is 134 Å². The van der Waals surface area contributed by atoms with Crippen LogP contribution in [-0.2, 0) is 32.7 Å². The summed E-state index contributed by atoms with van der Waals surface area (Å²) in [5, 5.41) is 0. The summed E-state index contributed by atoms with van der Waals surface area (Å²) in [6, 6.07) is 0. The first-order chi connectivity index (χ1) is 41.8. The maximum Gasteiger partial charge on any atom is 0.472 e. The van der Waals surface area contributed by atoms with Gasteiger partial charge in [0.2, 0.25) is 0 Å². The first-order valence-electron chi connectivity index (χ1n) is 34.7. The SMILES string of the molecule is CC/C=C\C/C=C\C/C=C\C/C=C\C/C=C\C/C=C\C/C=C\CCCCCCCCCCCCCCCCCCCC(=O)OC(COC(=O)CCCCCCCCCCCCCC/C=C\C/C=C\C/C=C\C/C=C\CC)COP(=O)(O)OCCN. The molecule has 0 amide bonds. The number of carbonyl (C=O) groups excluding carboxylic acids is 2. The van der Waals surface area contributed by atoms with Crippen LogP contribution in [0, 0.1) is 0 Å². The molecule has 486 valence electrons. The summed E-state index contributed by atoms with van der Waals surface area (Å²) >= 11 is 0.